The second-order valence-corrected chi connectivity index (χ2v) is 7.74. The number of carbonyl (C=O) groups is 1. The van der Waals surface area contributed by atoms with Crippen molar-refractivity contribution in [2.24, 2.45) is 16.3 Å². The van der Waals surface area contributed by atoms with Crippen LogP contribution >= 0.6 is 24.0 Å². The van der Waals surface area contributed by atoms with Crippen LogP contribution in [0.5, 0.6) is 0 Å². The van der Waals surface area contributed by atoms with Crippen molar-refractivity contribution in [2.75, 3.05) is 46.9 Å². The predicted octanol–water partition coefficient (Wildman–Crippen LogP) is 2.87. The van der Waals surface area contributed by atoms with E-state index in [-0.39, 0.29) is 36.4 Å². The zero-order valence-corrected chi connectivity index (χ0v) is 19.6. The van der Waals surface area contributed by atoms with Gasteiger partial charge in [0.05, 0.1) is 0 Å². The maximum absolute atomic E-state index is 11.8. The van der Waals surface area contributed by atoms with Gasteiger partial charge < -0.3 is 20.3 Å². The fraction of sp³-hybridized carbons (Fsp3) is 0.895. The van der Waals surface area contributed by atoms with Gasteiger partial charge in [0.2, 0.25) is 5.91 Å². The summed E-state index contributed by atoms with van der Waals surface area (Å²) in [7, 11) is 3.52. The minimum Gasteiger partial charge on any atom is -0.382 e. The highest BCUT2D eigenvalue weighted by Gasteiger charge is 2.33. The van der Waals surface area contributed by atoms with Crippen molar-refractivity contribution in [3.05, 3.63) is 0 Å². The van der Waals surface area contributed by atoms with Crippen molar-refractivity contribution in [2.45, 2.75) is 52.9 Å². The molecule has 1 aliphatic carbocycles. The molecule has 0 aromatic rings. The Morgan fingerprint density at radius 3 is 2.42 bits per heavy atom. The number of guanidine groups is 1. The van der Waals surface area contributed by atoms with Crippen LogP contribution in [0.2, 0.25) is 0 Å². The molecule has 0 bridgehead atoms. The van der Waals surface area contributed by atoms with Gasteiger partial charge in [-0.05, 0) is 37.5 Å². The summed E-state index contributed by atoms with van der Waals surface area (Å²) in [5.41, 5.74) is 0.293. The van der Waals surface area contributed by atoms with E-state index in [1.807, 2.05) is 6.92 Å². The SMILES string of the molecule is CCOCCC1(CNC(=NCC(=O)N(C)C)NCC(C)C)CCCC1.I. The highest BCUT2D eigenvalue weighted by molar-refractivity contribution is 14.0. The molecule has 0 saturated heterocycles. The number of likely N-dealkylation sites (N-methyl/N-ethyl adjacent to an activating group) is 1. The van der Waals surface area contributed by atoms with Gasteiger partial charge in [-0.3, -0.25) is 4.79 Å². The monoisotopic (exact) mass is 482 g/mol. The van der Waals surface area contributed by atoms with Crippen LogP contribution in [-0.4, -0.2) is 63.7 Å². The fourth-order valence-corrected chi connectivity index (χ4v) is 3.11. The third-order valence-electron chi connectivity index (χ3n) is 4.82. The summed E-state index contributed by atoms with van der Waals surface area (Å²) in [5.74, 6) is 1.28. The van der Waals surface area contributed by atoms with Crippen LogP contribution in [0, 0.1) is 11.3 Å². The number of nitrogens with zero attached hydrogens (tertiary/aromatic N) is 2. The van der Waals surface area contributed by atoms with E-state index in [9.17, 15) is 4.79 Å². The van der Waals surface area contributed by atoms with Crippen LogP contribution in [0.3, 0.4) is 0 Å². The first-order valence-electron chi connectivity index (χ1n) is 9.68. The Balaban J connectivity index is 0.00000625. The minimum atomic E-state index is 0. The third kappa shape index (κ3) is 9.94. The van der Waals surface area contributed by atoms with Crippen LogP contribution in [0.15, 0.2) is 4.99 Å². The Kier molecular flexibility index (Phi) is 13.3. The molecule has 26 heavy (non-hydrogen) atoms. The molecule has 7 heteroatoms. The molecule has 0 radical (unpaired) electrons. The molecule has 0 spiro atoms. The van der Waals surface area contributed by atoms with Crippen molar-refractivity contribution < 1.29 is 9.53 Å². The van der Waals surface area contributed by atoms with Gasteiger partial charge in [0.1, 0.15) is 6.54 Å². The number of halogens is 1. The van der Waals surface area contributed by atoms with Gasteiger partial charge in [-0.25, -0.2) is 4.99 Å². The third-order valence-corrected chi connectivity index (χ3v) is 4.82. The molecule has 0 atom stereocenters. The van der Waals surface area contributed by atoms with Gasteiger partial charge in [-0.1, -0.05) is 26.7 Å². The molecule has 154 valence electrons. The molecule has 0 heterocycles. The summed E-state index contributed by atoms with van der Waals surface area (Å²) < 4.78 is 5.59. The Morgan fingerprint density at radius 2 is 1.88 bits per heavy atom. The number of hydrogen-bond donors (Lipinski definition) is 2. The highest BCUT2D eigenvalue weighted by Crippen LogP contribution is 2.40. The molecule has 1 fully saturated rings. The van der Waals surface area contributed by atoms with Crippen molar-refractivity contribution in [1.29, 1.82) is 0 Å². The Morgan fingerprint density at radius 1 is 1.23 bits per heavy atom. The Hall–Kier alpha value is -0.570. The largest absolute Gasteiger partial charge is 0.382 e. The van der Waals surface area contributed by atoms with Gasteiger partial charge in [0.25, 0.3) is 0 Å². The van der Waals surface area contributed by atoms with E-state index in [0.717, 1.165) is 38.7 Å². The molecule has 0 unspecified atom stereocenters. The molecule has 1 aliphatic rings. The average Bonchev–Trinajstić information content (AvgIpc) is 3.03. The molecule has 0 aliphatic heterocycles. The lowest BCUT2D eigenvalue weighted by Gasteiger charge is -2.30. The van der Waals surface area contributed by atoms with Gasteiger partial charge >= 0.3 is 0 Å². The molecule has 2 N–H and O–H groups in total. The number of carbonyl (C=O) groups excluding carboxylic acids is 1. The zero-order valence-electron chi connectivity index (χ0n) is 17.3. The summed E-state index contributed by atoms with van der Waals surface area (Å²) in [5, 5.41) is 6.85. The second-order valence-electron chi connectivity index (χ2n) is 7.74. The van der Waals surface area contributed by atoms with E-state index >= 15 is 0 Å². The first-order chi connectivity index (χ1) is 11.9. The minimum absolute atomic E-state index is 0. The summed E-state index contributed by atoms with van der Waals surface area (Å²) >= 11 is 0. The summed E-state index contributed by atoms with van der Waals surface area (Å²) in [6.07, 6.45) is 6.14. The van der Waals surface area contributed by atoms with Crippen molar-refractivity contribution in [1.82, 2.24) is 15.5 Å². The normalized spacial score (nSPS) is 16.3. The standard InChI is InChI=1S/C19H38N4O2.HI/c1-6-25-12-11-19(9-7-8-10-19)15-22-18(20-13-16(2)3)21-14-17(24)23(4)5;/h16H,6-15H2,1-5H3,(H2,20,21,22);1H. The van der Waals surface area contributed by atoms with E-state index in [1.165, 1.54) is 25.7 Å². The summed E-state index contributed by atoms with van der Waals surface area (Å²) in [6.45, 7) is 9.87. The Bertz CT molecular complexity index is 422. The quantitative estimate of drug-likeness (QED) is 0.218. The van der Waals surface area contributed by atoms with Crippen LogP contribution in [0.1, 0.15) is 52.9 Å². The van der Waals surface area contributed by atoms with Crippen LogP contribution in [0.25, 0.3) is 0 Å². The number of amides is 1. The smallest absolute Gasteiger partial charge is 0.243 e. The van der Waals surface area contributed by atoms with E-state index in [0.29, 0.717) is 11.3 Å². The van der Waals surface area contributed by atoms with Gasteiger partial charge in [-0.2, -0.15) is 0 Å². The second kappa shape index (κ2) is 13.6. The lowest BCUT2D eigenvalue weighted by Crippen LogP contribution is -2.45. The topological polar surface area (TPSA) is 66.0 Å². The average molecular weight is 482 g/mol. The first kappa shape index (κ1) is 25.4. The zero-order chi connectivity index (χ0) is 18.7. The highest BCUT2D eigenvalue weighted by atomic mass is 127. The van der Waals surface area contributed by atoms with E-state index in [4.69, 9.17) is 4.74 Å². The summed E-state index contributed by atoms with van der Waals surface area (Å²) in [4.78, 5) is 17.9. The van der Waals surface area contributed by atoms with Crippen LogP contribution in [0.4, 0.5) is 0 Å². The van der Waals surface area contributed by atoms with Gasteiger partial charge in [-0.15, -0.1) is 24.0 Å². The molecule has 1 amide bonds. The predicted molar refractivity (Wildman–Crippen MR) is 119 cm³/mol. The molecule has 1 saturated carbocycles. The van der Waals surface area contributed by atoms with Gasteiger partial charge in [0.15, 0.2) is 5.96 Å². The van der Waals surface area contributed by atoms with E-state index in [2.05, 4.69) is 29.5 Å². The fourth-order valence-electron chi connectivity index (χ4n) is 3.11. The molecule has 6 nitrogen and oxygen atoms in total. The van der Waals surface area contributed by atoms with E-state index in [1.54, 1.807) is 19.0 Å². The van der Waals surface area contributed by atoms with Crippen molar-refractivity contribution in [3.8, 4) is 0 Å². The number of ether oxygens (including phenoxy) is 1. The summed E-state index contributed by atoms with van der Waals surface area (Å²) in [6, 6.07) is 0. The van der Waals surface area contributed by atoms with Crippen LogP contribution in [-0.2, 0) is 9.53 Å². The number of hydrogen-bond acceptors (Lipinski definition) is 3. The maximum Gasteiger partial charge on any atom is 0.243 e. The molecule has 0 aromatic carbocycles. The lowest BCUT2D eigenvalue weighted by molar-refractivity contribution is -0.127. The number of nitrogens with one attached hydrogen (secondary N) is 2. The van der Waals surface area contributed by atoms with Crippen molar-refractivity contribution >= 4 is 35.8 Å². The Labute approximate surface area is 176 Å². The molecular formula is C19H39IN4O2. The maximum atomic E-state index is 11.8. The van der Waals surface area contributed by atoms with Crippen LogP contribution < -0.4 is 10.6 Å². The van der Waals surface area contributed by atoms with Crippen molar-refractivity contribution in [3.63, 3.8) is 0 Å². The number of rotatable bonds is 10. The molecule has 1 rings (SSSR count). The van der Waals surface area contributed by atoms with E-state index < -0.39 is 0 Å². The molecular weight excluding hydrogens is 443 g/mol. The first-order valence-corrected chi connectivity index (χ1v) is 9.68. The van der Waals surface area contributed by atoms with Gasteiger partial charge in [0, 0.05) is 40.4 Å². The lowest BCUT2D eigenvalue weighted by atomic mass is 9.83. The molecule has 0 aromatic heterocycles. The number of aliphatic imine (C=N–C) groups is 1.